The van der Waals surface area contributed by atoms with Gasteiger partial charge in [0.1, 0.15) is 6.10 Å². The second kappa shape index (κ2) is 4.69. The van der Waals surface area contributed by atoms with Gasteiger partial charge in [-0.2, -0.15) is 0 Å². The highest BCUT2D eigenvalue weighted by molar-refractivity contribution is 4.95. The lowest BCUT2D eigenvalue weighted by molar-refractivity contribution is -0.131. The van der Waals surface area contributed by atoms with Gasteiger partial charge in [-0.3, -0.25) is 4.68 Å². The third-order valence-electron chi connectivity index (χ3n) is 2.34. The molecule has 2 atom stereocenters. The van der Waals surface area contributed by atoms with Crippen LogP contribution < -0.4 is 0 Å². The smallest absolute Gasteiger partial charge is 0.107 e. The van der Waals surface area contributed by atoms with Gasteiger partial charge in [0.05, 0.1) is 31.6 Å². The summed E-state index contributed by atoms with van der Waals surface area (Å²) in [4.78, 5) is 0. The van der Waals surface area contributed by atoms with Crippen molar-refractivity contribution in [1.82, 2.24) is 15.0 Å². The fourth-order valence-electron chi connectivity index (χ4n) is 1.56. The molecule has 2 rings (SSSR count). The van der Waals surface area contributed by atoms with Gasteiger partial charge in [-0.15, -0.1) is 5.10 Å². The van der Waals surface area contributed by atoms with Crippen molar-refractivity contribution < 1.29 is 14.6 Å². The Balaban J connectivity index is 1.88. The van der Waals surface area contributed by atoms with E-state index in [1.807, 2.05) is 0 Å². The van der Waals surface area contributed by atoms with E-state index in [0.29, 0.717) is 26.2 Å². The molecule has 1 N–H and O–H groups in total. The van der Waals surface area contributed by atoms with Crippen LogP contribution in [0.4, 0.5) is 0 Å². The average Bonchev–Trinajstić information content (AvgIpc) is 2.65. The first kappa shape index (κ1) is 10.5. The van der Waals surface area contributed by atoms with Gasteiger partial charge in [0.2, 0.25) is 0 Å². The number of aromatic nitrogens is 3. The number of ether oxygens (including phenoxy) is 2. The molecule has 1 fully saturated rings. The minimum atomic E-state index is -0.581. The van der Waals surface area contributed by atoms with Gasteiger partial charge in [-0.1, -0.05) is 5.21 Å². The van der Waals surface area contributed by atoms with Crippen LogP contribution in [0.1, 0.15) is 5.69 Å². The summed E-state index contributed by atoms with van der Waals surface area (Å²) in [6.07, 6.45) is 1.40. The van der Waals surface area contributed by atoms with Crippen molar-refractivity contribution in [3.63, 3.8) is 0 Å². The van der Waals surface area contributed by atoms with Crippen molar-refractivity contribution in [2.45, 2.75) is 18.6 Å². The van der Waals surface area contributed by atoms with Gasteiger partial charge >= 0.3 is 0 Å². The van der Waals surface area contributed by atoms with Gasteiger partial charge in [0.25, 0.3) is 0 Å². The molecule has 15 heavy (non-hydrogen) atoms. The zero-order valence-corrected chi connectivity index (χ0v) is 8.67. The molecule has 1 aromatic heterocycles. The second-order valence-corrected chi connectivity index (χ2v) is 3.64. The normalized spacial score (nSPS) is 24.0. The standard InChI is InChI=1S/C9H15N3O3/c1-12-5-7(10-11-12)4-8(13)9-6-14-2-3-15-9/h5,8-9,13H,2-4,6H2,1H3. The first-order valence-corrected chi connectivity index (χ1v) is 4.98. The van der Waals surface area contributed by atoms with Gasteiger partial charge in [-0.25, -0.2) is 0 Å². The van der Waals surface area contributed by atoms with E-state index in [2.05, 4.69) is 10.3 Å². The first-order chi connectivity index (χ1) is 7.25. The van der Waals surface area contributed by atoms with Crippen LogP contribution in [-0.2, 0) is 22.9 Å². The van der Waals surface area contributed by atoms with Crippen molar-refractivity contribution in [3.05, 3.63) is 11.9 Å². The Morgan fingerprint density at radius 1 is 1.67 bits per heavy atom. The van der Waals surface area contributed by atoms with Crippen molar-refractivity contribution >= 4 is 0 Å². The summed E-state index contributed by atoms with van der Waals surface area (Å²) >= 11 is 0. The molecule has 2 unspecified atom stereocenters. The number of aliphatic hydroxyl groups excluding tert-OH is 1. The second-order valence-electron chi connectivity index (χ2n) is 3.64. The number of aryl methyl sites for hydroxylation is 1. The fourth-order valence-corrected chi connectivity index (χ4v) is 1.56. The Hall–Kier alpha value is -0.980. The maximum Gasteiger partial charge on any atom is 0.107 e. The molecule has 0 aromatic carbocycles. The summed E-state index contributed by atoms with van der Waals surface area (Å²) in [6, 6.07) is 0. The van der Waals surface area contributed by atoms with E-state index in [1.54, 1.807) is 17.9 Å². The Bertz CT molecular complexity index is 309. The molecule has 1 aromatic rings. The van der Waals surface area contributed by atoms with E-state index in [1.165, 1.54) is 0 Å². The van der Waals surface area contributed by atoms with Crippen LogP contribution in [0.25, 0.3) is 0 Å². The monoisotopic (exact) mass is 213 g/mol. The highest BCUT2D eigenvalue weighted by atomic mass is 16.6. The first-order valence-electron chi connectivity index (χ1n) is 4.98. The third-order valence-corrected chi connectivity index (χ3v) is 2.34. The summed E-state index contributed by atoms with van der Waals surface area (Å²) in [5.41, 5.74) is 0.763. The Kier molecular flexibility index (Phi) is 3.30. The van der Waals surface area contributed by atoms with Gasteiger partial charge < -0.3 is 14.6 Å². The average molecular weight is 213 g/mol. The van der Waals surface area contributed by atoms with E-state index in [4.69, 9.17) is 9.47 Å². The summed E-state index contributed by atoms with van der Waals surface area (Å²) in [6.45, 7) is 1.60. The minimum Gasteiger partial charge on any atom is -0.390 e. The van der Waals surface area contributed by atoms with Crippen LogP contribution in [-0.4, -0.2) is 52.1 Å². The van der Waals surface area contributed by atoms with Gasteiger partial charge in [-0.05, 0) is 0 Å². The van der Waals surface area contributed by atoms with Crippen LogP contribution >= 0.6 is 0 Å². The number of aliphatic hydroxyl groups is 1. The lowest BCUT2D eigenvalue weighted by atomic mass is 10.1. The highest BCUT2D eigenvalue weighted by Crippen LogP contribution is 2.09. The van der Waals surface area contributed by atoms with Crippen LogP contribution in [0.2, 0.25) is 0 Å². The molecule has 0 aliphatic carbocycles. The number of rotatable bonds is 3. The minimum absolute atomic E-state index is 0.249. The molecule has 6 heteroatoms. The molecule has 84 valence electrons. The molecule has 1 saturated heterocycles. The fraction of sp³-hybridized carbons (Fsp3) is 0.778. The van der Waals surface area contributed by atoms with E-state index in [-0.39, 0.29) is 6.10 Å². The van der Waals surface area contributed by atoms with E-state index in [9.17, 15) is 5.11 Å². The van der Waals surface area contributed by atoms with E-state index in [0.717, 1.165) is 5.69 Å². The van der Waals surface area contributed by atoms with E-state index < -0.39 is 6.10 Å². The van der Waals surface area contributed by atoms with Gasteiger partial charge in [0, 0.05) is 19.7 Å². The Morgan fingerprint density at radius 3 is 3.13 bits per heavy atom. The van der Waals surface area contributed by atoms with Gasteiger partial charge in [0.15, 0.2) is 0 Å². The molecule has 6 nitrogen and oxygen atoms in total. The SMILES string of the molecule is Cn1cc(CC(O)C2COCCO2)nn1. The number of nitrogens with zero attached hydrogens (tertiary/aromatic N) is 3. The summed E-state index contributed by atoms with van der Waals surface area (Å²) in [5, 5.41) is 17.6. The van der Waals surface area contributed by atoms with Crippen molar-refractivity contribution in [1.29, 1.82) is 0 Å². The molecular weight excluding hydrogens is 198 g/mol. The zero-order valence-electron chi connectivity index (χ0n) is 8.67. The topological polar surface area (TPSA) is 69.4 Å². The lowest BCUT2D eigenvalue weighted by Gasteiger charge is -2.26. The quantitative estimate of drug-likeness (QED) is 0.707. The largest absolute Gasteiger partial charge is 0.390 e. The molecule has 0 amide bonds. The molecule has 0 spiro atoms. The molecule has 0 bridgehead atoms. The van der Waals surface area contributed by atoms with Crippen LogP contribution in [0, 0.1) is 0 Å². The molecule has 2 heterocycles. The highest BCUT2D eigenvalue weighted by Gasteiger charge is 2.24. The maximum absolute atomic E-state index is 9.85. The Labute approximate surface area is 87.8 Å². The maximum atomic E-state index is 9.85. The number of hydrogen-bond donors (Lipinski definition) is 1. The third kappa shape index (κ3) is 2.74. The predicted octanol–water partition coefficient (Wildman–Crippen LogP) is -0.866. The van der Waals surface area contributed by atoms with Crippen LogP contribution in [0.15, 0.2) is 6.20 Å². The number of hydrogen-bond acceptors (Lipinski definition) is 5. The lowest BCUT2D eigenvalue weighted by Crippen LogP contribution is -2.39. The van der Waals surface area contributed by atoms with Crippen LogP contribution in [0.5, 0.6) is 0 Å². The summed E-state index contributed by atoms with van der Waals surface area (Å²) < 4.78 is 12.2. The zero-order chi connectivity index (χ0) is 10.7. The summed E-state index contributed by atoms with van der Waals surface area (Å²) in [5.74, 6) is 0. The predicted molar refractivity (Wildman–Crippen MR) is 51.3 cm³/mol. The summed E-state index contributed by atoms with van der Waals surface area (Å²) in [7, 11) is 1.79. The molecular formula is C9H15N3O3. The van der Waals surface area contributed by atoms with Crippen LogP contribution in [0.3, 0.4) is 0 Å². The van der Waals surface area contributed by atoms with Crippen molar-refractivity contribution in [2.75, 3.05) is 19.8 Å². The van der Waals surface area contributed by atoms with Crippen molar-refractivity contribution in [3.8, 4) is 0 Å². The van der Waals surface area contributed by atoms with Crippen molar-refractivity contribution in [2.24, 2.45) is 7.05 Å². The Morgan fingerprint density at radius 2 is 2.53 bits per heavy atom. The molecule has 0 saturated carbocycles. The van der Waals surface area contributed by atoms with E-state index >= 15 is 0 Å². The molecule has 0 radical (unpaired) electrons. The molecule has 1 aliphatic heterocycles. The molecule has 1 aliphatic rings.